The van der Waals surface area contributed by atoms with Gasteiger partial charge in [-0.3, -0.25) is 4.79 Å². The number of unbranched alkanes of at least 4 members (excludes halogenated alkanes) is 2. The smallest absolute Gasteiger partial charge is 0.305 e. The second-order valence-electron chi connectivity index (χ2n) is 4.96. The summed E-state index contributed by atoms with van der Waals surface area (Å²) in [6.07, 6.45) is 3.49. The van der Waals surface area contributed by atoms with Crippen molar-refractivity contribution in [3.63, 3.8) is 0 Å². The van der Waals surface area contributed by atoms with Gasteiger partial charge in [-0.05, 0) is 50.3 Å². The van der Waals surface area contributed by atoms with Gasteiger partial charge in [0.1, 0.15) is 5.75 Å². The highest BCUT2D eigenvalue weighted by atomic mass is 16.5. The van der Waals surface area contributed by atoms with E-state index >= 15 is 0 Å². The molecule has 1 unspecified atom stereocenters. The average molecular weight is 294 g/mol. The minimum absolute atomic E-state index is 0.122. The maximum absolute atomic E-state index is 11.1. The zero-order chi connectivity index (χ0) is 15.5. The second kappa shape index (κ2) is 10.2. The fraction of sp³-hybridized carbons (Fsp3) is 0.588. The Hall–Kier alpha value is -1.55. The molecule has 0 saturated heterocycles. The highest BCUT2D eigenvalue weighted by Gasteiger charge is 2.04. The van der Waals surface area contributed by atoms with Crippen LogP contribution < -0.4 is 4.74 Å². The molecule has 0 aromatic heterocycles. The van der Waals surface area contributed by atoms with E-state index in [1.807, 2.05) is 38.1 Å². The minimum atomic E-state index is -0.401. The Morgan fingerprint density at radius 1 is 1.14 bits per heavy atom. The molecule has 0 spiro atoms. The van der Waals surface area contributed by atoms with Gasteiger partial charge in [-0.2, -0.15) is 0 Å². The Kier molecular flexibility index (Phi) is 8.51. The van der Waals surface area contributed by atoms with Crippen LogP contribution in [0.5, 0.6) is 5.75 Å². The summed E-state index contributed by atoms with van der Waals surface area (Å²) in [5.74, 6) is 0.691. The summed E-state index contributed by atoms with van der Waals surface area (Å²) in [5, 5.41) is 9.70. The minimum Gasteiger partial charge on any atom is -0.494 e. The van der Waals surface area contributed by atoms with Crippen molar-refractivity contribution in [2.45, 2.75) is 52.1 Å². The maximum atomic E-state index is 11.1. The van der Waals surface area contributed by atoms with Crippen molar-refractivity contribution in [2.75, 3.05) is 13.2 Å². The highest BCUT2D eigenvalue weighted by Crippen LogP contribution is 2.20. The van der Waals surface area contributed by atoms with E-state index in [1.54, 1.807) is 0 Å². The maximum Gasteiger partial charge on any atom is 0.305 e. The van der Waals surface area contributed by atoms with E-state index in [-0.39, 0.29) is 5.97 Å². The van der Waals surface area contributed by atoms with Crippen LogP contribution in [-0.4, -0.2) is 24.3 Å². The first kappa shape index (κ1) is 17.5. The quantitative estimate of drug-likeness (QED) is 0.529. The van der Waals surface area contributed by atoms with Gasteiger partial charge in [0.15, 0.2) is 0 Å². The lowest BCUT2D eigenvalue weighted by atomic mass is 10.1. The van der Waals surface area contributed by atoms with Crippen LogP contribution in [0.25, 0.3) is 0 Å². The zero-order valence-corrected chi connectivity index (χ0v) is 13.0. The van der Waals surface area contributed by atoms with Crippen LogP contribution in [0.3, 0.4) is 0 Å². The summed E-state index contributed by atoms with van der Waals surface area (Å²) >= 11 is 0. The van der Waals surface area contributed by atoms with Crippen molar-refractivity contribution in [3.05, 3.63) is 29.8 Å². The number of rotatable bonds is 10. The first-order valence-corrected chi connectivity index (χ1v) is 7.73. The fourth-order valence-corrected chi connectivity index (χ4v) is 1.99. The molecular formula is C17H26O4. The largest absolute Gasteiger partial charge is 0.494 e. The number of aliphatic hydroxyl groups is 1. The van der Waals surface area contributed by atoms with Gasteiger partial charge in [0.05, 0.1) is 19.3 Å². The summed E-state index contributed by atoms with van der Waals surface area (Å²) in [6.45, 7) is 4.85. The van der Waals surface area contributed by atoms with E-state index in [0.717, 1.165) is 30.6 Å². The molecule has 0 bridgehead atoms. The molecule has 0 aliphatic heterocycles. The molecule has 21 heavy (non-hydrogen) atoms. The monoisotopic (exact) mass is 294 g/mol. The van der Waals surface area contributed by atoms with Gasteiger partial charge in [-0.25, -0.2) is 0 Å². The molecule has 0 amide bonds. The summed E-state index contributed by atoms with van der Waals surface area (Å²) in [5.41, 5.74) is 0.916. The van der Waals surface area contributed by atoms with Crippen molar-refractivity contribution in [1.29, 1.82) is 0 Å². The predicted molar refractivity (Wildman–Crippen MR) is 82.3 cm³/mol. The molecule has 1 aromatic rings. The third kappa shape index (κ3) is 7.14. The SMILES string of the molecule is CCOC(=O)CCCCCOc1ccc(C(O)CC)cc1. The molecule has 4 nitrogen and oxygen atoms in total. The van der Waals surface area contributed by atoms with E-state index in [1.165, 1.54) is 0 Å². The third-order valence-electron chi connectivity index (χ3n) is 3.25. The molecule has 0 aliphatic carbocycles. The van der Waals surface area contributed by atoms with Crippen molar-refractivity contribution in [1.82, 2.24) is 0 Å². The molecule has 0 saturated carbocycles. The van der Waals surface area contributed by atoms with Crippen molar-refractivity contribution >= 4 is 5.97 Å². The molecule has 0 radical (unpaired) electrons. The molecule has 0 fully saturated rings. The van der Waals surface area contributed by atoms with Crippen LogP contribution in [0, 0.1) is 0 Å². The van der Waals surface area contributed by atoms with E-state index in [2.05, 4.69) is 0 Å². The number of carbonyl (C=O) groups excluding carboxylic acids is 1. The van der Waals surface area contributed by atoms with Crippen molar-refractivity contribution < 1.29 is 19.4 Å². The fourth-order valence-electron chi connectivity index (χ4n) is 1.99. The van der Waals surface area contributed by atoms with Gasteiger partial charge in [-0.15, -0.1) is 0 Å². The average Bonchev–Trinajstić information content (AvgIpc) is 2.51. The molecule has 0 heterocycles. The van der Waals surface area contributed by atoms with Crippen molar-refractivity contribution in [2.24, 2.45) is 0 Å². The number of benzene rings is 1. The normalized spacial score (nSPS) is 12.0. The van der Waals surface area contributed by atoms with E-state index in [9.17, 15) is 9.90 Å². The molecule has 0 aliphatic rings. The van der Waals surface area contributed by atoms with Gasteiger partial charge in [-0.1, -0.05) is 19.1 Å². The molecule has 118 valence electrons. The Balaban J connectivity index is 2.14. The Labute approximate surface area is 127 Å². The summed E-state index contributed by atoms with van der Waals surface area (Å²) in [7, 11) is 0. The van der Waals surface area contributed by atoms with Crippen LogP contribution in [-0.2, 0) is 9.53 Å². The Morgan fingerprint density at radius 2 is 1.86 bits per heavy atom. The first-order valence-electron chi connectivity index (χ1n) is 7.73. The number of hydrogen-bond donors (Lipinski definition) is 1. The molecule has 1 aromatic carbocycles. The van der Waals surface area contributed by atoms with Gasteiger partial charge in [0.25, 0.3) is 0 Å². The number of ether oxygens (including phenoxy) is 2. The summed E-state index contributed by atoms with van der Waals surface area (Å²) in [6, 6.07) is 7.55. The van der Waals surface area contributed by atoms with Crippen LogP contribution in [0.15, 0.2) is 24.3 Å². The lowest BCUT2D eigenvalue weighted by molar-refractivity contribution is -0.143. The zero-order valence-electron chi connectivity index (χ0n) is 13.0. The molecule has 1 rings (SSSR count). The molecule has 4 heteroatoms. The van der Waals surface area contributed by atoms with E-state index in [4.69, 9.17) is 9.47 Å². The lowest BCUT2D eigenvalue weighted by Gasteiger charge is -2.10. The third-order valence-corrected chi connectivity index (χ3v) is 3.25. The highest BCUT2D eigenvalue weighted by molar-refractivity contribution is 5.69. The van der Waals surface area contributed by atoms with E-state index in [0.29, 0.717) is 26.1 Å². The number of carbonyl (C=O) groups is 1. The van der Waals surface area contributed by atoms with Crippen LogP contribution in [0.2, 0.25) is 0 Å². The summed E-state index contributed by atoms with van der Waals surface area (Å²) in [4.78, 5) is 11.1. The van der Waals surface area contributed by atoms with Gasteiger partial charge in [0.2, 0.25) is 0 Å². The molecule has 1 N–H and O–H groups in total. The standard InChI is InChI=1S/C17H26O4/c1-3-16(18)14-9-11-15(12-10-14)21-13-7-5-6-8-17(19)20-4-2/h9-12,16,18H,3-8,13H2,1-2H3. The topological polar surface area (TPSA) is 55.8 Å². The van der Waals surface area contributed by atoms with Gasteiger partial charge >= 0.3 is 5.97 Å². The second-order valence-corrected chi connectivity index (χ2v) is 4.96. The Bertz CT molecular complexity index is 400. The van der Waals surface area contributed by atoms with Crippen LogP contribution in [0.1, 0.15) is 57.6 Å². The van der Waals surface area contributed by atoms with Gasteiger partial charge < -0.3 is 14.6 Å². The molecule has 1 atom stereocenters. The van der Waals surface area contributed by atoms with Gasteiger partial charge in [0, 0.05) is 6.42 Å². The van der Waals surface area contributed by atoms with Crippen molar-refractivity contribution in [3.8, 4) is 5.75 Å². The molecular weight excluding hydrogens is 268 g/mol. The van der Waals surface area contributed by atoms with Crippen LogP contribution >= 0.6 is 0 Å². The number of aliphatic hydroxyl groups excluding tert-OH is 1. The number of esters is 1. The van der Waals surface area contributed by atoms with Crippen LogP contribution in [0.4, 0.5) is 0 Å². The lowest BCUT2D eigenvalue weighted by Crippen LogP contribution is -2.04. The van der Waals surface area contributed by atoms with E-state index < -0.39 is 6.10 Å². The first-order chi connectivity index (χ1) is 10.2. The predicted octanol–water partition coefficient (Wildman–Crippen LogP) is 3.63. The number of hydrogen-bond acceptors (Lipinski definition) is 4. The summed E-state index contributed by atoms with van der Waals surface area (Å²) < 4.78 is 10.5. The Morgan fingerprint density at radius 3 is 2.48 bits per heavy atom.